The number of amides is 1. The fourth-order valence-electron chi connectivity index (χ4n) is 4.13. The molecule has 0 bridgehead atoms. The van der Waals surface area contributed by atoms with E-state index in [1.54, 1.807) is 0 Å². The Morgan fingerprint density at radius 1 is 0.964 bits per heavy atom. The summed E-state index contributed by atoms with van der Waals surface area (Å²) >= 11 is 0. The van der Waals surface area contributed by atoms with Crippen LogP contribution < -0.4 is 5.32 Å². The molecule has 1 heterocycles. The first-order chi connectivity index (χ1) is 13.8. The largest absolute Gasteiger partial charge is 0.453 e. The van der Waals surface area contributed by atoms with Gasteiger partial charge < -0.3 is 15.0 Å². The molecule has 2 aliphatic rings. The molecular formula is C24H26N2O2. The molecule has 2 aromatic carbocycles. The zero-order valence-electron chi connectivity index (χ0n) is 16.3. The highest BCUT2D eigenvalue weighted by Gasteiger charge is 2.22. The van der Waals surface area contributed by atoms with Crippen LogP contribution in [0.5, 0.6) is 0 Å². The fraction of sp³-hybridized carbons (Fsp3) is 0.292. The van der Waals surface area contributed by atoms with Crippen molar-refractivity contribution in [1.82, 2.24) is 10.2 Å². The average molecular weight is 374 g/mol. The molecule has 4 nitrogen and oxygen atoms in total. The summed E-state index contributed by atoms with van der Waals surface area (Å²) in [7, 11) is 1.39. The predicted octanol–water partition coefficient (Wildman–Crippen LogP) is 4.42. The van der Waals surface area contributed by atoms with Crippen LogP contribution in [0.2, 0.25) is 0 Å². The van der Waals surface area contributed by atoms with E-state index in [-0.39, 0.29) is 6.09 Å². The molecule has 1 amide bonds. The number of rotatable bonds is 3. The van der Waals surface area contributed by atoms with E-state index in [4.69, 9.17) is 0 Å². The van der Waals surface area contributed by atoms with Crippen molar-refractivity contribution in [2.24, 2.45) is 0 Å². The quantitative estimate of drug-likeness (QED) is 0.738. The monoisotopic (exact) mass is 374 g/mol. The van der Waals surface area contributed by atoms with E-state index in [9.17, 15) is 4.79 Å². The molecule has 0 unspecified atom stereocenters. The minimum Gasteiger partial charge on any atom is -0.453 e. The minimum absolute atomic E-state index is 0.362. The van der Waals surface area contributed by atoms with E-state index in [2.05, 4.69) is 75.6 Å². The molecule has 144 valence electrons. The number of alkyl carbamates (subject to hydrolysis) is 1. The molecule has 0 spiro atoms. The van der Waals surface area contributed by atoms with Crippen molar-refractivity contribution in [3.63, 3.8) is 0 Å². The Balaban J connectivity index is 1.58. The van der Waals surface area contributed by atoms with Crippen LogP contribution in [0.15, 0.2) is 54.1 Å². The number of carbonyl (C=O) groups is 1. The van der Waals surface area contributed by atoms with Crippen molar-refractivity contribution in [3.8, 4) is 0 Å². The van der Waals surface area contributed by atoms with Gasteiger partial charge in [-0.05, 0) is 40.7 Å². The van der Waals surface area contributed by atoms with Crippen LogP contribution in [0.3, 0.4) is 0 Å². The summed E-state index contributed by atoms with van der Waals surface area (Å²) in [6.07, 6.45) is 6.20. The summed E-state index contributed by atoms with van der Waals surface area (Å²) in [5.41, 5.74) is 8.17. The Morgan fingerprint density at radius 2 is 1.54 bits per heavy atom. The molecule has 4 rings (SSSR count). The number of hydrogen-bond acceptors (Lipinski definition) is 3. The molecule has 1 aliphatic heterocycles. The molecule has 4 heteroatoms. The molecule has 1 fully saturated rings. The molecule has 1 saturated heterocycles. The maximum Gasteiger partial charge on any atom is 0.406 e. The van der Waals surface area contributed by atoms with Gasteiger partial charge >= 0.3 is 6.09 Å². The number of benzene rings is 2. The van der Waals surface area contributed by atoms with Crippen molar-refractivity contribution in [1.29, 1.82) is 0 Å². The Labute approximate surface area is 166 Å². The lowest BCUT2D eigenvalue weighted by Crippen LogP contribution is -2.38. The first-order valence-electron chi connectivity index (χ1n) is 9.89. The standard InChI is InChI=1S/C24H26N2O2/c1-28-24(27)25-14-17-26-15-12-20(13-16-26)23-21-8-4-2-6-18(21)10-11-19-7-3-5-9-22(19)23/h2-11H,12-17H2,1H3,(H,25,27). The van der Waals surface area contributed by atoms with E-state index >= 15 is 0 Å². The van der Waals surface area contributed by atoms with Gasteiger partial charge in [-0.15, -0.1) is 0 Å². The van der Waals surface area contributed by atoms with E-state index in [0.717, 1.165) is 32.5 Å². The summed E-state index contributed by atoms with van der Waals surface area (Å²) in [4.78, 5) is 13.6. The number of piperidine rings is 1. The van der Waals surface area contributed by atoms with Crippen LogP contribution in [0, 0.1) is 0 Å². The van der Waals surface area contributed by atoms with Crippen molar-refractivity contribution < 1.29 is 9.53 Å². The zero-order chi connectivity index (χ0) is 19.3. The second-order valence-corrected chi connectivity index (χ2v) is 7.25. The third-order valence-electron chi connectivity index (χ3n) is 5.60. The Hall–Kier alpha value is -2.85. The van der Waals surface area contributed by atoms with Gasteiger partial charge in [0.1, 0.15) is 0 Å². The molecule has 0 atom stereocenters. The summed E-state index contributed by atoms with van der Waals surface area (Å²) in [5.74, 6) is 0. The second-order valence-electron chi connectivity index (χ2n) is 7.25. The van der Waals surface area contributed by atoms with Crippen molar-refractivity contribution in [2.75, 3.05) is 33.3 Å². The van der Waals surface area contributed by atoms with Crippen LogP contribution in [-0.4, -0.2) is 44.3 Å². The van der Waals surface area contributed by atoms with Gasteiger partial charge in [0, 0.05) is 26.2 Å². The third kappa shape index (κ3) is 3.87. The summed E-state index contributed by atoms with van der Waals surface area (Å²) in [6.45, 7) is 3.50. The van der Waals surface area contributed by atoms with E-state index in [1.165, 1.54) is 40.5 Å². The fourth-order valence-corrected chi connectivity index (χ4v) is 4.13. The smallest absolute Gasteiger partial charge is 0.406 e. The van der Waals surface area contributed by atoms with Gasteiger partial charge in [0.05, 0.1) is 7.11 Å². The van der Waals surface area contributed by atoms with Gasteiger partial charge in [-0.1, -0.05) is 66.3 Å². The Kier molecular flexibility index (Phi) is 5.58. The lowest BCUT2D eigenvalue weighted by Gasteiger charge is -2.30. The van der Waals surface area contributed by atoms with Crippen LogP contribution in [0.25, 0.3) is 17.7 Å². The van der Waals surface area contributed by atoms with Crippen molar-refractivity contribution in [2.45, 2.75) is 12.8 Å². The number of carbonyl (C=O) groups excluding carboxylic acids is 1. The highest BCUT2D eigenvalue weighted by atomic mass is 16.5. The molecule has 1 N–H and O–H groups in total. The van der Waals surface area contributed by atoms with Gasteiger partial charge in [-0.2, -0.15) is 0 Å². The van der Waals surface area contributed by atoms with Gasteiger partial charge in [-0.3, -0.25) is 0 Å². The second kappa shape index (κ2) is 8.44. The first-order valence-corrected chi connectivity index (χ1v) is 9.89. The maximum absolute atomic E-state index is 11.2. The molecule has 1 aliphatic carbocycles. The summed E-state index contributed by atoms with van der Waals surface area (Å²) in [5, 5.41) is 2.77. The topological polar surface area (TPSA) is 41.6 Å². The predicted molar refractivity (Wildman–Crippen MR) is 114 cm³/mol. The number of likely N-dealkylation sites (tertiary alicyclic amines) is 1. The van der Waals surface area contributed by atoms with E-state index in [1.807, 2.05) is 0 Å². The highest BCUT2D eigenvalue weighted by molar-refractivity contribution is 5.94. The molecule has 0 saturated carbocycles. The first kappa shape index (κ1) is 18.5. The third-order valence-corrected chi connectivity index (χ3v) is 5.60. The maximum atomic E-state index is 11.2. The van der Waals surface area contributed by atoms with Crippen molar-refractivity contribution in [3.05, 3.63) is 76.4 Å². The highest BCUT2D eigenvalue weighted by Crippen LogP contribution is 2.38. The van der Waals surface area contributed by atoms with Crippen LogP contribution in [0.4, 0.5) is 4.79 Å². The zero-order valence-corrected chi connectivity index (χ0v) is 16.3. The number of hydrogen-bond donors (Lipinski definition) is 1. The van der Waals surface area contributed by atoms with Gasteiger partial charge in [0.2, 0.25) is 0 Å². The molecule has 0 aromatic heterocycles. The van der Waals surface area contributed by atoms with Crippen LogP contribution >= 0.6 is 0 Å². The van der Waals surface area contributed by atoms with Gasteiger partial charge in [0.15, 0.2) is 0 Å². The normalized spacial score (nSPS) is 16.2. The van der Waals surface area contributed by atoms with Gasteiger partial charge in [0.25, 0.3) is 0 Å². The van der Waals surface area contributed by atoms with Crippen LogP contribution in [-0.2, 0) is 4.74 Å². The number of methoxy groups -OCH3 is 1. The summed E-state index contributed by atoms with van der Waals surface area (Å²) < 4.78 is 4.63. The molecule has 2 aromatic rings. The Morgan fingerprint density at radius 3 is 2.11 bits per heavy atom. The SMILES string of the molecule is COC(=O)NCCN1CCC(=C2c3ccccc3C=Cc3ccccc32)CC1. The lowest BCUT2D eigenvalue weighted by atomic mass is 9.86. The Bertz CT molecular complexity index is 868. The van der Waals surface area contributed by atoms with Crippen LogP contribution in [0.1, 0.15) is 35.1 Å². The number of nitrogens with one attached hydrogen (secondary N) is 1. The number of nitrogens with zero attached hydrogens (tertiary/aromatic N) is 1. The lowest BCUT2D eigenvalue weighted by molar-refractivity contribution is 0.168. The number of ether oxygens (including phenoxy) is 1. The summed E-state index contributed by atoms with van der Waals surface area (Å²) in [6, 6.07) is 17.4. The molecular weight excluding hydrogens is 348 g/mol. The van der Waals surface area contributed by atoms with Crippen molar-refractivity contribution >= 4 is 23.8 Å². The average Bonchev–Trinajstić information content (AvgIpc) is 2.91. The molecule has 0 radical (unpaired) electrons. The molecule has 28 heavy (non-hydrogen) atoms. The van der Waals surface area contributed by atoms with Gasteiger partial charge in [-0.25, -0.2) is 4.79 Å². The van der Waals surface area contributed by atoms with E-state index < -0.39 is 0 Å². The number of fused-ring (bicyclic) bond motifs is 2. The van der Waals surface area contributed by atoms with E-state index in [0.29, 0.717) is 6.54 Å². The minimum atomic E-state index is -0.362.